The van der Waals surface area contributed by atoms with E-state index in [1.807, 2.05) is 18.2 Å². The van der Waals surface area contributed by atoms with Crippen LogP contribution < -0.4 is 4.90 Å². The molecule has 2 nitrogen and oxygen atoms in total. The van der Waals surface area contributed by atoms with E-state index in [1.165, 1.54) is 44.5 Å². The molecule has 9 aromatic rings. The maximum absolute atomic E-state index is 6.29. The van der Waals surface area contributed by atoms with Gasteiger partial charge in [0.05, 0.1) is 0 Å². The number of para-hydroxylation sites is 1. The molecule has 0 saturated heterocycles. The quantitative estimate of drug-likeness (QED) is 0.161. The molecule has 52 heavy (non-hydrogen) atoms. The van der Waals surface area contributed by atoms with Crippen molar-refractivity contribution in [3.05, 3.63) is 212 Å². The van der Waals surface area contributed by atoms with Crippen molar-refractivity contribution >= 4 is 28.0 Å². The van der Waals surface area contributed by atoms with Crippen LogP contribution in [0.3, 0.4) is 0 Å². The van der Waals surface area contributed by atoms with Crippen molar-refractivity contribution in [1.82, 2.24) is 0 Å². The van der Waals surface area contributed by atoms with Gasteiger partial charge in [-0.05, 0) is 105 Å². The molecule has 0 atom stereocenters. The Morgan fingerprint density at radius 1 is 0.269 bits per heavy atom. The van der Waals surface area contributed by atoms with Crippen LogP contribution in [-0.4, -0.2) is 0 Å². The highest BCUT2D eigenvalue weighted by molar-refractivity contribution is 5.86. The molecule has 0 spiro atoms. The lowest BCUT2D eigenvalue weighted by Gasteiger charge is -2.26. The fraction of sp³-hybridized carbons (Fsp3) is 0. The number of anilines is 3. The zero-order chi connectivity index (χ0) is 34.7. The summed E-state index contributed by atoms with van der Waals surface area (Å²) < 4.78 is 6.29. The summed E-state index contributed by atoms with van der Waals surface area (Å²) in [6.07, 6.45) is 0. The Labute approximate surface area is 304 Å². The smallest absolute Gasteiger partial charge is 0.135 e. The average Bonchev–Trinajstić information content (AvgIpc) is 3.67. The molecule has 8 aromatic carbocycles. The number of furan rings is 1. The van der Waals surface area contributed by atoms with Crippen LogP contribution >= 0.6 is 0 Å². The summed E-state index contributed by atoms with van der Waals surface area (Å²) in [4.78, 5) is 2.32. The van der Waals surface area contributed by atoms with Gasteiger partial charge in [-0.3, -0.25) is 0 Å². The molecule has 2 heteroatoms. The second-order valence-electron chi connectivity index (χ2n) is 13.0. The number of fused-ring (bicyclic) bond motifs is 1. The van der Waals surface area contributed by atoms with Gasteiger partial charge in [-0.2, -0.15) is 0 Å². The van der Waals surface area contributed by atoms with Crippen LogP contribution in [0.1, 0.15) is 0 Å². The fourth-order valence-electron chi connectivity index (χ4n) is 6.99. The zero-order valence-electron chi connectivity index (χ0n) is 28.6. The molecular formula is C50H35NO. The number of nitrogens with zero attached hydrogens (tertiary/aromatic N) is 1. The minimum atomic E-state index is 0.852. The summed E-state index contributed by atoms with van der Waals surface area (Å²) in [6.45, 7) is 0. The first-order valence-corrected chi connectivity index (χ1v) is 17.7. The van der Waals surface area contributed by atoms with Crippen LogP contribution in [0.4, 0.5) is 17.1 Å². The van der Waals surface area contributed by atoms with E-state index in [4.69, 9.17) is 4.42 Å². The maximum Gasteiger partial charge on any atom is 0.135 e. The highest BCUT2D eigenvalue weighted by atomic mass is 16.3. The largest absolute Gasteiger partial charge is 0.456 e. The Morgan fingerprint density at radius 3 is 1.21 bits per heavy atom. The van der Waals surface area contributed by atoms with Crippen molar-refractivity contribution in [1.29, 1.82) is 0 Å². The summed E-state index contributed by atoms with van der Waals surface area (Å²) in [6, 6.07) is 75.3. The first-order valence-electron chi connectivity index (χ1n) is 17.7. The van der Waals surface area contributed by atoms with Crippen molar-refractivity contribution in [2.45, 2.75) is 0 Å². The molecule has 0 amide bonds. The molecule has 0 saturated carbocycles. The van der Waals surface area contributed by atoms with E-state index in [9.17, 15) is 0 Å². The second-order valence-corrected chi connectivity index (χ2v) is 13.0. The molecule has 0 bridgehead atoms. The van der Waals surface area contributed by atoms with Gasteiger partial charge in [0.25, 0.3) is 0 Å². The lowest BCUT2D eigenvalue weighted by molar-refractivity contribution is 0.631. The third-order valence-electron chi connectivity index (χ3n) is 9.67. The number of hydrogen-bond donors (Lipinski definition) is 0. The molecule has 0 unspecified atom stereocenters. The first-order chi connectivity index (χ1) is 25.7. The highest BCUT2D eigenvalue weighted by Crippen LogP contribution is 2.39. The van der Waals surface area contributed by atoms with Gasteiger partial charge in [0.2, 0.25) is 0 Å². The summed E-state index contributed by atoms with van der Waals surface area (Å²) in [7, 11) is 0. The van der Waals surface area contributed by atoms with Crippen molar-refractivity contribution in [2.24, 2.45) is 0 Å². The molecule has 1 aromatic heterocycles. The third-order valence-corrected chi connectivity index (χ3v) is 9.67. The Balaban J connectivity index is 1.09. The summed E-state index contributed by atoms with van der Waals surface area (Å²) >= 11 is 0. The zero-order valence-corrected chi connectivity index (χ0v) is 28.6. The van der Waals surface area contributed by atoms with Crippen molar-refractivity contribution in [3.63, 3.8) is 0 Å². The predicted molar refractivity (Wildman–Crippen MR) is 218 cm³/mol. The average molecular weight is 666 g/mol. The van der Waals surface area contributed by atoms with Gasteiger partial charge in [0.15, 0.2) is 0 Å². The molecule has 0 radical (unpaired) electrons. The normalized spacial score (nSPS) is 11.1. The van der Waals surface area contributed by atoms with Crippen LogP contribution in [0.2, 0.25) is 0 Å². The standard InChI is InChI=1S/C50H35NO/c1-3-12-36(13-4-1)40-17-9-19-42(32-40)38-24-28-46(29-25-38)51(48-22-11-21-44(34-48)50-35-45-16-7-8-23-49(45)52-50)47-30-26-39(27-31-47)43-20-10-18-41(33-43)37-14-5-2-6-15-37/h1-35H. The number of hydrogen-bond acceptors (Lipinski definition) is 2. The summed E-state index contributed by atoms with van der Waals surface area (Å²) in [5.41, 5.74) is 14.7. The minimum absolute atomic E-state index is 0.852. The maximum atomic E-state index is 6.29. The third kappa shape index (κ3) is 6.30. The minimum Gasteiger partial charge on any atom is -0.456 e. The molecule has 246 valence electrons. The molecule has 1 heterocycles. The van der Waals surface area contributed by atoms with Crippen molar-refractivity contribution < 1.29 is 4.42 Å². The highest BCUT2D eigenvalue weighted by Gasteiger charge is 2.16. The monoisotopic (exact) mass is 665 g/mol. The van der Waals surface area contributed by atoms with Gasteiger partial charge in [-0.1, -0.05) is 152 Å². The predicted octanol–water partition coefficient (Wildman–Crippen LogP) is 14.2. The lowest BCUT2D eigenvalue weighted by Crippen LogP contribution is -2.10. The number of benzene rings is 8. The Hall–Kier alpha value is -6.90. The fourth-order valence-corrected chi connectivity index (χ4v) is 6.99. The first kappa shape index (κ1) is 31.1. The van der Waals surface area contributed by atoms with E-state index >= 15 is 0 Å². The van der Waals surface area contributed by atoms with E-state index in [2.05, 4.69) is 199 Å². The van der Waals surface area contributed by atoms with Gasteiger partial charge in [0, 0.05) is 28.0 Å². The van der Waals surface area contributed by atoms with Gasteiger partial charge < -0.3 is 9.32 Å². The molecule has 9 rings (SSSR count). The van der Waals surface area contributed by atoms with E-state index in [0.29, 0.717) is 0 Å². The molecule has 0 aliphatic heterocycles. The summed E-state index contributed by atoms with van der Waals surface area (Å²) in [5.74, 6) is 0.852. The van der Waals surface area contributed by atoms with E-state index in [0.717, 1.165) is 39.4 Å². The topological polar surface area (TPSA) is 16.4 Å². The molecule has 0 N–H and O–H groups in total. The Morgan fingerprint density at radius 2 is 0.692 bits per heavy atom. The van der Waals surface area contributed by atoms with Crippen LogP contribution in [0.25, 0.3) is 66.8 Å². The number of rotatable bonds is 8. The van der Waals surface area contributed by atoms with Gasteiger partial charge >= 0.3 is 0 Å². The second kappa shape index (κ2) is 13.8. The van der Waals surface area contributed by atoms with Crippen LogP contribution in [0.15, 0.2) is 217 Å². The van der Waals surface area contributed by atoms with Crippen LogP contribution in [0, 0.1) is 0 Å². The molecular weight excluding hydrogens is 631 g/mol. The Kier molecular flexibility index (Phi) is 8.24. The van der Waals surface area contributed by atoms with Crippen molar-refractivity contribution in [3.8, 4) is 55.8 Å². The van der Waals surface area contributed by atoms with E-state index < -0.39 is 0 Å². The van der Waals surface area contributed by atoms with Crippen LogP contribution in [0.5, 0.6) is 0 Å². The van der Waals surface area contributed by atoms with Gasteiger partial charge in [-0.25, -0.2) is 0 Å². The lowest BCUT2D eigenvalue weighted by atomic mass is 9.98. The molecule has 0 fully saturated rings. The van der Waals surface area contributed by atoms with E-state index in [1.54, 1.807) is 0 Å². The van der Waals surface area contributed by atoms with Crippen molar-refractivity contribution in [2.75, 3.05) is 4.90 Å². The Bertz CT molecular complexity index is 2440. The van der Waals surface area contributed by atoms with Crippen LogP contribution in [-0.2, 0) is 0 Å². The van der Waals surface area contributed by atoms with Gasteiger partial charge in [0.1, 0.15) is 11.3 Å². The SMILES string of the molecule is c1ccc(-c2cccc(-c3ccc(N(c4ccc(-c5cccc(-c6ccccc6)c5)cc4)c4cccc(-c5cc6ccccc6o5)c4)cc3)c2)cc1. The van der Waals surface area contributed by atoms with E-state index in [-0.39, 0.29) is 0 Å². The molecule has 0 aliphatic carbocycles. The molecule has 0 aliphatic rings. The van der Waals surface area contributed by atoms with Gasteiger partial charge in [-0.15, -0.1) is 0 Å². The summed E-state index contributed by atoms with van der Waals surface area (Å²) in [5, 5.41) is 1.10.